The summed E-state index contributed by atoms with van der Waals surface area (Å²) in [6.45, 7) is 0.288. The van der Waals surface area contributed by atoms with Crippen molar-refractivity contribution in [3.05, 3.63) is 35.9 Å². The highest BCUT2D eigenvalue weighted by Gasteiger charge is 2.49. The van der Waals surface area contributed by atoms with Gasteiger partial charge in [-0.2, -0.15) is 0 Å². The largest absolute Gasteiger partial charge is 0.481 e. The number of aliphatic carboxylic acids is 1. The molecule has 1 atom stereocenters. The van der Waals surface area contributed by atoms with Crippen molar-refractivity contribution in [3.63, 3.8) is 0 Å². The average Bonchev–Trinajstić information content (AvgIpc) is 2.40. The molecule has 1 aliphatic rings. The lowest BCUT2D eigenvalue weighted by molar-refractivity contribution is -0.168. The normalized spacial score (nSPS) is 24.1. The SMILES string of the molecule is O=C(O)C1(CC(F)(F)c2ccccc2)CCCOC1. The highest BCUT2D eigenvalue weighted by Crippen LogP contribution is 2.44. The van der Waals surface area contributed by atoms with Gasteiger partial charge in [0.1, 0.15) is 0 Å². The molecule has 0 saturated carbocycles. The minimum Gasteiger partial charge on any atom is -0.481 e. The van der Waals surface area contributed by atoms with Crippen LogP contribution in [-0.4, -0.2) is 24.3 Å². The summed E-state index contributed by atoms with van der Waals surface area (Å²) in [6, 6.07) is 7.33. The summed E-state index contributed by atoms with van der Waals surface area (Å²) in [6.07, 6.45) is 0.00126. The van der Waals surface area contributed by atoms with Gasteiger partial charge < -0.3 is 9.84 Å². The maximum atomic E-state index is 14.2. The van der Waals surface area contributed by atoms with Gasteiger partial charge in [0.2, 0.25) is 0 Å². The van der Waals surface area contributed by atoms with E-state index in [-0.39, 0.29) is 18.6 Å². The Morgan fingerprint density at radius 1 is 1.37 bits per heavy atom. The van der Waals surface area contributed by atoms with E-state index < -0.39 is 23.7 Å². The molecule has 5 heteroatoms. The van der Waals surface area contributed by atoms with Gasteiger partial charge in [-0.15, -0.1) is 0 Å². The Bertz CT molecular complexity index is 439. The molecule has 1 aliphatic heterocycles. The van der Waals surface area contributed by atoms with Crippen LogP contribution in [-0.2, 0) is 15.5 Å². The van der Waals surface area contributed by atoms with Crippen LogP contribution in [0.3, 0.4) is 0 Å². The molecule has 104 valence electrons. The summed E-state index contributed by atoms with van der Waals surface area (Å²) < 4.78 is 33.6. The molecule has 19 heavy (non-hydrogen) atoms. The molecule has 1 aromatic rings. The fourth-order valence-electron chi connectivity index (χ4n) is 2.45. The third-order valence-electron chi connectivity index (χ3n) is 3.53. The van der Waals surface area contributed by atoms with E-state index in [9.17, 15) is 18.7 Å². The van der Waals surface area contributed by atoms with Crippen molar-refractivity contribution in [3.8, 4) is 0 Å². The minimum atomic E-state index is -3.17. The number of alkyl halides is 2. The number of carbonyl (C=O) groups is 1. The zero-order chi connectivity index (χ0) is 13.9. The topological polar surface area (TPSA) is 46.5 Å². The first kappa shape index (κ1) is 13.9. The number of hydrogen-bond acceptors (Lipinski definition) is 2. The Morgan fingerprint density at radius 2 is 2.05 bits per heavy atom. The van der Waals surface area contributed by atoms with E-state index in [1.165, 1.54) is 24.3 Å². The van der Waals surface area contributed by atoms with Crippen molar-refractivity contribution in [2.75, 3.05) is 13.2 Å². The molecular weight excluding hydrogens is 254 g/mol. The van der Waals surface area contributed by atoms with Gasteiger partial charge >= 0.3 is 5.97 Å². The molecule has 0 spiro atoms. The maximum Gasteiger partial charge on any atom is 0.312 e. The molecule has 1 unspecified atom stereocenters. The molecular formula is C14H16F2O3. The predicted molar refractivity (Wildman–Crippen MR) is 65.1 cm³/mol. The summed E-state index contributed by atoms with van der Waals surface area (Å²) in [4.78, 5) is 11.4. The van der Waals surface area contributed by atoms with Crippen molar-refractivity contribution in [2.24, 2.45) is 5.41 Å². The highest BCUT2D eigenvalue weighted by molar-refractivity contribution is 5.75. The van der Waals surface area contributed by atoms with Gasteiger partial charge in [0.05, 0.1) is 12.0 Å². The van der Waals surface area contributed by atoms with Crippen LogP contribution in [0.5, 0.6) is 0 Å². The van der Waals surface area contributed by atoms with E-state index >= 15 is 0 Å². The zero-order valence-corrected chi connectivity index (χ0v) is 10.4. The molecule has 1 saturated heterocycles. The van der Waals surface area contributed by atoms with Crippen LogP contribution in [0.25, 0.3) is 0 Å². The smallest absolute Gasteiger partial charge is 0.312 e. The van der Waals surface area contributed by atoms with Crippen LogP contribution in [0.15, 0.2) is 30.3 Å². The molecule has 0 aromatic heterocycles. The standard InChI is InChI=1S/C14H16F2O3/c15-14(16,11-5-2-1-3-6-11)9-13(12(17)18)7-4-8-19-10-13/h1-3,5-6H,4,7-10H2,(H,17,18). The molecule has 2 rings (SSSR count). The van der Waals surface area contributed by atoms with Gasteiger partial charge in [0.15, 0.2) is 0 Å². The molecule has 1 aromatic carbocycles. The summed E-state index contributed by atoms with van der Waals surface area (Å²) in [7, 11) is 0. The van der Waals surface area contributed by atoms with Crippen molar-refractivity contribution in [1.82, 2.24) is 0 Å². The van der Waals surface area contributed by atoms with E-state index in [4.69, 9.17) is 4.74 Å². The Kier molecular flexibility index (Phi) is 3.85. The molecule has 1 N–H and O–H groups in total. The number of halogens is 2. The summed E-state index contributed by atoms with van der Waals surface area (Å²) in [5.41, 5.74) is -1.64. The van der Waals surface area contributed by atoms with Gasteiger partial charge in [-0.25, -0.2) is 8.78 Å². The van der Waals surface area contributed by atoms with Crippen LogP contribution < -0.4 is 0 Å². The van der Waals surface area contributed by atoms with E-state index in [1.54, 1.807) is 6.07 Å². The number of benzene rings is 1. The average molecular weight is 270 g/mol. The van der Waals surface area contributed by atoms with Crippen LogP contribution in [0.1, 0.15) is 24.8 Å². The van der Waals surface area contributed by atoms with Gasteiger partial charge in [-0.3, -0.25) is 4.79 Å². The van der Waals surface area contributed by atoms with Crippen molar-refractivity contribution < 1.29 is 23.4 Å². The molecule has 0 amide bonds. The van der Waals surface area contributed by atoms with Gasteiger partial charge in [0, 0.05) is 18.6 Å². The number of ether oxygens (including phenoxy) is 1. The van der Waals surface area contributed by atoms with E-state index in [1.807, 2.05) is 0 Å². The summed E-state index contributed by atoms with van der Waals surface area (Å²) in [5.74, 6) is -4.37. The lowest BCUT2D eigenvalue weighted by atomic mass is 9.76. The molecule has 0 bridgehead atoms. The number of rotatable bonds is 4. The molecule has 0 aliphatic carbocycles. The second-order valence-corrected chi connectivity index (χ2v) is 4.99. The Labute approximate surface area is 110 Å². The van der Waals surface area contributed by atoms with Crippen LogP contribution >= 0.6 is 0 Å². The molecule has 0 radical (unpaired) electrons. The lowest BCUT2D eigenvalue weighted by Crippen LogP contribution is -2.43. The first-order chi connectivity index (χ1) is 8.96. The van der Waals surface area contributed by atoms with E-state index in [2.05, 4.69) is 0 Å². The molecule has 1 fully saturated rings. The van der Waals surface area contributed by atoms with E-state index in [0.717, 1.165) is 0 Å². The lowest BCUT2D eigenvalue weighted by Gasteiger charge is -2.35. The second kappa shape index (κ2) is 5.25. The number of hydrogen-bond donors (Lipinski definition) is 1. The predicted octanol–water partition coefficient (Wildman–Crippen LogP) is 3.05. The quantitative estimate of drug-likeness (QED) is 0.914. The van der Waals surface area contributed by atoms with Crippen LogP contribution in [0.2, 0.25) is 0 Å². The van der Waals surface area contributed by atoms with Gasteiger partial charge in [-0.1, -0.05) is 30.3 Å². The zero-order valence-electron chi connectivity index (χ0n) is 10.4. The van der Waals surface area contributed by atoms with Gasteiger partial charge in [0.25, 0.3) is 5.92 Å². The first-order valence-electron chi connectivity index (χ1n) is 6.21. The molecule has 1 heterocycles. The Hall–Kier alpha value is -1.49. The monoisotopic (exact) mass is 270 g/mol. The summed E-state index contributed by atoms with van der Waals surface area (Å²) in [5, 5.41) is 9.29. The number of carboxylic acid groups (broad SMARTS) is 1. The first-order valence-corrected chi connectivity index (χ1v) is 6.21. The number of carboxylic acids is 1. The van der Waals surface area contributed by atoms with E-state index in [0.29, 0.717) is 13.0 Å². The Morgan fingerprint density at radius 3 is 2.58 bits per heavy atom. The van der Waals surface area contributed by atoms with Gasteiger partial charge in [-0.05, 0) is 12.8 Å². The van der Waals surface area contributed by atoms with Crippen LogP contribution in [0, 0.1) is 5.41 Å². The highest BCUT2D eigenvalue weighted by atomic mass is 19.3. The summed E-state index contributed by atoms with van der Waals surface area (Å²) >= 11 is 0. The third kappa shape index (κ3) is 2.92. The maximum absolute atomic E-state index is 14.2. The van der Waals surface area contributed by atoms with Crippen LogP contribution in [0.4, 0.5) is 8.78 Å². The fraction of sp³-hybridized carbons (Fsp3) is 0.500. The minimum absolute atomic E-state index is 0.148. The van der Waals surface area contributed by atoms with Crippen molar-refractivity contribution >= 4 is 5.97 Å². The van der Waals surface area contributed by atoms with Crippen molar-refractivity contribution in [1.29, 1.82) is 0 Å². The Balaban J connectivity index is 2.23. The van der Waals surface area contributed by atoms with Crippen molar-refractivity contribution in [2.45, 2.75) is 25.2 Å². The fourth-order valence-corrected chi connectivity index (χ4v) is 2.45. The third-order valence-corrected chi connectivity index (χ3v) is 3.53. The molecule has 3 nitrogen and oxygen atoms in total. The second-order valence-electron chi connectivity index (χ2n) is 4.99.